The number of hydrogen-bond acceptors (Lipinski definition) is 2. The van der Waals surface area contributed by atoms with Gasteiger partial charge in [0.05, 0.1) is 16.9 Å². The lowest BCUT2D eigenvalue weighted by atomic mass is 9.92. The fourth-order valence-corrected chi connectivity index (χ4v) is 7.83. The first-order valence-corrected chi connectivity index (χ1v) is 18.6. The molecule has 0 saturated carbocycles. The molecule has 2 heteroatoms. The van der Waals surface area contributed by atoms with Gasteiger partial charge in [0, 0.05) is 16.6 Å². The molecule has 54 heavy (non-hydrogen) atoms. The molecule has 262 valence electrons. The molecule has 7 aromatic carbocycles. The van der Waals surface area contributed by atoms with Gasteiger partial charge in [-0.1, -0.05) is 147 Å². The van der Waals surface area contributed by atoms with Gasteiger partial charge >= 0.3 is 0 Å². The second kappa shape index (κ2) is 15.1. The van der Waals surface area contributed by atoms with Crippen molar-refractivity contribution in [2.24, 2.45) is 0 Å². The number of aryl methyl sites for hydroxylation is 2. The number of benzene rings is 7. The molecule has 0 aliphatic carbocycles. The van der Waals surface area contributed by atoms with E-state index in [-0.39, 0.29) is 0 Å². The van der Waals surface area contributed by atoms with Gasteiger partial charge in [0.15, 0.2) is 0 Å². The average molecular weight is 698 g/mol. The first kappa shape index (κ1) is 34.4. The Labute approximate surface area is 318 Å². The maximum absolute atomic E-state index is 6.32. The number of furan rings is 1. The highest BCUT2D eigenvalue weighted by molar-refractivity contribution is 6.14. The lowest BCUT2D eigenvalue weighted by molar-refractivity contribution is 0.603. The van der Waals surface area contributed by atoms with E-state index in [4.69, 9.17) is 11.0 Å². The number of anilines is 2. The highest BCUT2D eigenvalue weighted by atomic mass is 16.3. The molecule has 8 aromatic rings. The highest BCUT2D eigenvalue weighted by Gasteiger charge is 2.24. The minimum absolute atomic E-state index is 0.692. The molecule has 0 unspecified atom stereocenters. The lowest BCUT2D eigenvalue weighted by Crippen LogP contribution is -2.17. The summed E-state index contributed by atoms with van der Waals surface area (Å²) in [5.41, 5.74) is 11.8. The van der Waals surface area contributed by atoms with Crippen LogP contribution in [0, 0.1) is 0 Å². The minimum Gasteiger partial charge on any atom is -0.456 e. The Kier molecular flexibility index (Phi) is 9.66. The molecule has 0 fully saturated rings. The first-order chi connectivity index (χ1) is 26.6. The van der Waals surface area contributed by atoms with Crippen molar-refractivity contribution in [3.05, 3.63) is 212 Å². The molecule has 0 spiro atoms. The van der Waals surface area contributed by atoms with Gasteiger partial charge in [-0.25, -0.2) is 0 Å². The maximum Gasteiger partial charge on any atom is 0.136 e. The van der Waals surface area contributed by atoms with Crippen molar-refractivity contribution in [2.75, 3.05) is 4.90 Å². The summed E-state index contributed by atoms with van der Waals surface area (Å²) in [5.74, 6) is 0.692. The number of fused-ring (bicyclic) bond motifs is 4. The van der Waals surface area contributed by atoms with Gasteiger partial charge < -0.3 is 9.32 Å². The second-order valence-corrected chi connectivity index (χ2v) is 13.8. The van der Waals surface area contributed by atoms with E-state index in [1.165, 1.54) is 38.2 Å². The Morgan fingerprint density at radius 2 is 1.24 bits per heavy atom. The van der Waals surface area contributed by atoms with Gasteiger partial charge in [0.2, 0.25) is 0 Å². The zero-order chi connectivity index (χ0) is 37.0. The quantitative estimate of drug-likeness (QED) is 0.0881. The van der Waals surface area contributed by atoms with Crippen molar-refractivity contribution in [3.8, 4) is 11.1 Å². The van der Waals surface area contributed by atoms with E-state index in [1.54, 1.807) is 6.08 Å². The van der Waals surface area contributed by atoms with Crippen LogP contribution in [-0.4, -0.2) is 0 Å². The fourth-order valence-electron chi connectivity index (χ4n) is 7.83. The van der Waals surface area contributed by atoms with E-state index in [0.717, 1.165) is 76.0 Å². The van der Waals surface area contributed by atoms with Gasteiger partial charge in [-0.05, 0) is 111 Å². The van der Waals surface area contributed by atoms with Crippen LogP contribution < -0.4 is 4.90 Å². The first-order valence-electron chi connectivity index (χ1n) is 18.6. The number of allylic oxidation sites excluding steroid dienone is 2. The summed E-state index contributed by atoms with van der Waals surface area (Å²) in [6, 6.07) is 53.9. The molecule has 0 amide bonds. The van der Waals surface area contributed by atoms with Crippen molar-refractivity contribution in [2.45, 2.75) is 25.7 Å². The summed E-state index contributed by atoms with van der Waals surface area (Å²) >= 11 is 0. The van der Waals surface area contributed by atoms with Crippen LogP contribution >= 0.6 is 0 Å². The minimum atomic E-state index is 0.692. The van der Waals surface area contributed by atoms with E-state index in [0.29, 0.717) is 5.76 Å². The Hall–Kier alpha value is -6.64. The van der Waals surface area contributed by atoms with Crippen molar-refractivity contribution in [3.63, 3.8) is 0 Å². The van der Waals surface area contributed by atoms with E-state index in [2.05, 4.69) is 158 Å². The second-order valence-electron chi connectivity index (χ2n) is 13.8. The molecular weight excluding hydrogens is 655 g/mol. The molecule has 0 bridgehead atoms. The topological polar surface area (TPSA) is 16.4 Å². The van der Waals surface area contributed by atoms with Crippen molar-refractivity contribution >= 4 is 61.2 Å². The molecule has 0 atom stereocenters. The average Bonchev–Trinajstić information content (AvgIpc) is 3.61. The lowest BCUT2D eigenvalue weighted by Gasteiger charge is -2.30. The van der Waals surface area contributed by atoms with Crippen LogP contribution in [0.2, 0.25) is 0 Å². The smallest absolute Gasteiger partial charge is 0.136 e. The molecule has 0 aliphatic heterocycles. The van der Waals surface area contributed by atoms with Crippen LogP contribution in [0.4, 0.5) is 11.4 Å². The highest BCUT2D eigenvalue weighted by Crippen LogP contribution is 2.44. The summed E-state index contributed by atoms with van der Waals surface area (Å²) in [4.78, 5) is 2.26. The molecule has 1 aromatic heterocycles. The molecule has 1 heterocycles. The van der Waals surface area contributed by atoms with E-state index in [9.17, 15) is 0 Å². The van der Waals surface area contributed by atoms with Gasteiger partial charge in [-0.2, -0.15) is 0 Å². The van der Waals surface area contributed by atoms with Crippen molar-refractivity contribution < 1.29 is 4.42 Å². The number of hydrogen-bond donors (Lipinski definition) is 0. The van der Waals surface area contributed by atoms with Gasteiger partial charge in [-0.3, -0.25) is 0 Å². The normalized spacial score (nSPS) is 11.2. The van der Waals surface area contributed by atoms with Crippen LogP contribution in [0.15, 0.2) is 188 Å². The van der Waals surface area contributed by atoms with Crippen LogP contribution in [-0.2, 0) is 12.8 Å². The predicted molar refractivity (Wildman–Crippen MR) is 233 cm³/mol. The Balaban J connectivity index is 1.23. The van der Waals surface area contributed by atoms with E-state index >= 15 is 0 Å². The number of para-hydroxylation sites is 2. The number of rotatable bonds is 13. The zero-order valence-electron chi connectivity index (χ0n) is 30.6. The summed E-state index contributed by atoms with van der Waals surface area (Å²) in [6.45, 7) is 17.5. The van der Waals surface area contributed by atoms with Crippen molar-refractivity contribution in [1.82, 2.24) is 0 Å². The van der Waals surface area contributed by atoms with E-state index < -0.39 is 0 Å². The monoisotopic (exact) mass is 697 g/mol. The SMILES string of the molecule is C=CCCc1ccccc1CCC(=C)c1ccccc1N(C(=C)c1c(C=C)oc2ccccc12)c1ccc(-c2cc3ccccc3c3ccccc23)cc1. The van der Waals surface area contributed by atoms with Crippen LogP contribution in [0.5, 0.6) is 0 Å². The Morgan fingerprint density at radius 3 is 2.00 bits per heavy atom. The summed E-state index contributed by atoms with van der Waals surface area (Å²) in [7, 11) is 0. The van der Waals surface area contributed by atoms with Crippen LogP contribution in [0.25, 0.3) is 61.0 Å². The predicted octanol–water partition coefficient (Wildman–Crippen LogP) is 14.6. The molecular formula is C52H43NO. The van der Waals surface area contributed by atoms with E-state index in [1.807, 2.05) is 24.3 Å². The molecule has 0 saturated heterocycles. The third kappa shape index (κ3) is 6.48. The molecule has 0 radical (unpaired) electrons. The Morgan fingerprint density at radius 1 is 0.611 bits per heavy atom. The number of nitrogens with zero attached hydrogens (tertiary/aromatic N) is 1. The summed E-state index contributed by atoms with van der Waals surface area (Å²) in [5, 5.41) is 5.97. The standard InChI is InChI=1S/C52H43NO/c1-5-7-18-38-19-8-9-20-39(38)30-29-36(3)43-22-14-16-27-49(43)53(37(4)52-47-26-15-17-28-51(47)54-50(52)6-2)42-33-31-40(32-34-42)48-35-41-21-10-11-23-44(41)45-24-12-13-25-46(45)48/h5-6,8-17,19-28,31-35H,1-4,7,18,29-30H2. The molecule has 8 rings (SSSR count). The fraction of sp³-hybridized carbons (Fsp3) is 0.0769. The third-order valence-electron chi connectivity index (χ3n) is 10.5. The van der Waals surface area contributed by atoms with Crippen LogP contribution in [0.3, 0.4) is 0 Å². The van der Waals surface area contributed by atoms with Crippen molar-refractivity contribution in [1.29, 1.82) is 0 Å². The largest absolute Gasteiger partial charge is 0.456 e. The maximum atomic E-state index is 6.32. The van der Waals surface area contributed by atoms with Gasteiger partial charge in [0.25, 0.3) is 0 Å². The van der Waals surface area contributed by atoms with Gasteiger partial charge in [-0.15, -0.1) is 6.58 Å². The van der Waals surface area contributed by atoms with Crippen LogP contribution in [0.1, 0.15) is 40.9 Å². The molecule has 0 N–H and O–H groups in total. The zero-order valence-corrected chi connectivity index (χ0v) is 30.6. The summed E-state index contributed by atoms with van der Waals surface area (Å²) < 4.78 is 6.32. The van der Waals surface area contributed by atoms with Gasteiger partial charge in [0.1, 0.15) is 11.3 Å². The third-order valence-corrected chi connectivity index (χ3v) is 10.5. The molecule has 0 aliphatic rings. The molecule has 2 nitrogen and oxygen atoms in total. The Bertz CT molecular complexity index is 2690. The summed E-state index contributed by atoms with van der Waals surface area (Å²) in [6.07, 6.45) is 7.45.